The molecule has 1 aromatic carbocycles. The van der Waals surface area contributed by atoms with Gasteiger partial charge in [0.05, 0.1) is 13.0 Å². The number of benzene rings is 1. The summed E-state index contributed by atoms with van der Waals surface area (Å²) in [6.45, 7) is 3.76. The van der Waals surface area contributed by atoms with Crippen LogP contribution in [0.4, 0.5) is 0 Å². The fraction of sp³-hybridized carbons (Fsp3) is 0.500. The second-order valence-corrected chi connectivity index (χ2v) is 4.50. The third kappa shape index (κ3) is 2.43. The molecule has 1 aromatic rings. The number of para-hydroxylation sites is 1. The van der Waals surface area contributed by atoms with Crippen LogP contribution < -0.4 is 4.74 Å². The van der Waals surface area contributed by atoms with Crippen molar-refractivity contribution in [3.63, 3.8) is 0 Å². The third-order valence-electron chi connectivity index (χ3n) is 3.39. The second kappa shape index (κ2) is 5.21. The van der Waals surface area contributed by atoms with E-state index in [1.807, 2.05) is 36.1 Å². The van der Waals surface area contributed by atoms with Crippen LogP contribution in [0.2, 0.25) is 0 Å². The quantitative estimate of drug-likeness (QED) is 0.802. The first-order valence-corrected chi connectivity index (χ1v) is 6.15. The molecule has 0 radical (unpaired) electrons. The second-order valence-electron chi connectivity index (χ2n) is 4.50. The Bertz CT molecular complexity index is 397. The Morgan fingerprint density at radius 1 is 1.29 bits per heavy atom. The number of rotatable bonds is 3. The highest BCUT2D eigenvalue weighted by Gasteiger charge is 2.25. The maximum atomic E-state index is 12.3. The van der Waals surface area contributed by atoms with E-state index < -0.39 is 0 Å². The molecule has 0 N–H and O–H groups in total. The Balaban J connectivity index is 2.17. The first-order chi connectivity index (χ1) is 8.24. The van der Waals surface area contributed by atoms with Crippen LogP contribution in [0.1, 0.15) is 31.2 Å². The average molecular weight is 233 g/mol. The van der Waals surface area contributed by atoms with Gasteiger partial charge in [-0.3, -0.25) is 4.79 Å². The van der Waals surface area contributed by atoms with Gasteiger partial charge in [-0.1, -0.05) is 18.2 Å². The lowest BCUT2D eigenvalue weighted by molar-refractivity contribution is -0.131. The molecular weight excluding hydrogens is 214 g/mol. The highest BCUT2D eigenvalue weighted by atomic mass is 16.5. The summed E-state index contributed by atoms with van der Waals surface area (Å²) in [5.41, 5.74) is 0.979. The highest BCUT2D eigenvalue weighted by Crippen LogP contribution is 2.28. The molecule has 1 fully saturated rings. The summed E-state index contributed by atoms with van der Waals surface area (Å²) in [6.07, 6.45) is 2.26. The lowest BCUT2D eigenvalue weighted by atomic mass is 9.99. The predicted octanol–water partition coefficient (Wildman–Crippen LogP) is 2.42. The summed E-state index contributed by atoms with van der Waals surface area (Å²) in [6, 6.07) is 7.75. The van der Waals surface area contributed by atoms with E-state index in [0.717, 1.165) is 37.2 Å². The van der Waals surface area contributed by atoms with Gasteiger partial charge in [-0.05, 0) is 25.8 Å². The monoisotopic (exact) mass is 233 g/mol. The molecule has 1 heterocycles. The molecule has 0 aliphatic carbocycles. The largest absolute Gasteiger partial charge is 0.496 e. The molecule has 1 aliphatic heterocycles. The SMILES string of the molecule is COc1ccccc1[C@H](C)C(=O)N1CCCC1. The lowest BCUT2D eigenvalue weighted by Gasteiger charge is -2.21. The normalized spacial score (nSPS) is 16.9. The van der Waals surface area contributed by atoms with Gasteiger partial charge >= 0.3 is 0 Å². The molecule has 3 heteroatoms. The topological polar surface area (TPSA) is 29.5 Å². The van der Waals surface area contributed by atoms with E-state index in [9.17, 15) is 4.79 Å². The molecule has 1 atom stereocenters. The molecule has 1 amide bonds. The first-order valence-electron chi connectivity index (χ1n) is 6.15. The standard InChI is InChI=1S/C14H19NO2/c1-11(14(16)15-9-5-6-10-15)12-7-3-4-8-13(12)17-2/h3-4,7-8,11H,5-6,9-10H2,1-2H3/t11-/m0/s1. The number of methoxy groups -OCH3 is 1. The summed E-state index contributed by atoms with van der Waals surface area (Å²) in [5.74, 6) is 0.892. The van der Waals surface area contributed by atoms with E-state index >= 15 is 0 Å². The average Bonchev–Trinajstić information content (AvgIpc) is 2.90. The Hall–Kier alpha value is -1.51. The number of hydrogen-bond acceptors (Lipinski definition) is 2. The van der Waals surface area contributed by atoms with E-state index in [0.29, 0.717) is 0 Å². The van der Waals surface area contributed by atoms with Crippen LogP contribution in [0, 0.1) is 0 Å². The van der Waals surface area contributed by atoms with Crippen LogP contribution in [0.3, 0.4) is 0 Å². The molecule has 0 bridgehead atoms. The molecule has 0 saturated carbocycles. The minimum Gasteiger partial charge on any atom is -0.496 e. The molecule has 3 nitrogen and oxygen atoms in total. The van der Waals surface area contributed by atoms with Gasteiger partial charge in [0.25, 0.3) is 0 Å². The van der Waals surface area contributed by atoms with Gasteiger partial charge in [0.1, 0.15) is 5.75 Å². The lowest BCUT2D eigenvalue weighted by Crippen LogP contribution is -2.31. The van der Waals surface area contributed by atoms with Crippen molar-refractivity contribution >= 4 is 5.91 Å². The molecular formula is C14H19NO2. The van der Waals surface area contributed by atoms with E-state index in [2.05, 4.69) is 0 Å². The first kappa shape index (κ1) is 12.0. The van der Waals surface area contributed by atoms with Crippen molar-refractivity contribution in [1.82, 2.24) is 4.90 Å². The van der Waals surface area contributed by atoms with E-state index in [4.69, 9.17) is 4.74 Å². The molecule has 17 heavy (non-hydrogen) atoms. The summed E-state index contributed by atoms with van der Waals surface area (Å²) in [7, 11) is 1.64. The molecule has 0 unspecified atom stereocenters. The fourth-order valence-electron chi connectivity index (χ4n) is 2.37. The van der Waals surface area contributed by atoms with E-state index in [-0.39, 0.29) is 11.8 Å². The van der Waals surface area contributed by atoms with Crippen LogP contribution in [-0.2, 0) is 4.79 Å². The van der Waals surface area contributed by atoms with Crippen molar-refractivity contribution in [2.75, 3.05) is 20.2 Å². The van der Waals surface area contributed by atoms with Crippen LogP contribution >= 0.6 is 0 Å². The number of ether oxygens (including phenoxy) is 1. The van der Waals surface area contributed by atoms with E-state index in [1.165, 1.54) is 0 Å². The predicted molar refractivity (Wildman–Crippen MR) is 67.2 cm³/mol. The zero-order chi connectivity index (χ0) is 12.3. The van der Waals surface area contributed by atoms with Gasteiger partial charge in [-0.2, -0.15) is 0 Å². The van der Waals surface area contributed by atoms with Gasteiger partial charge in [0, 0.05) is 18.7 Å². The Morgan fingerprint density at radius 3 is 2.59 bits per heavy atom. The maximum absolute atomic E-state index is 12.3. The van der Waals surface area contributed by atoms with Crippen molar-refractivity contribution in [2.24, 2.45) is 0 Å². The zero-order valence-corrected chi connectivity index (χ0v) is 10.5. The number of nitrogens with zero attached hydrogens (tertiary/aromatic N) is 1. The molecule has 92 valence electrons. The van der Waals surface area contributed by atoms with E-state index in [1.54, 1.807) is 7.11 Å². The molecule has 2 rings (SSSR count). The summed E-state index contributed by atoms with van der Waals surface area (Å²) < 4.78 is 5.31. The van der Waals surface area contributed by atoms with Crippen LogP contribution in [-0.4, -0.2) is 31.0 Å². The highest BCUT2D eigenvalue weighted by molar-refractivity contribution is 5.84. The van der Waals surface area contributed by atoms with Gasteiger partial charge in [-0.15, -0.1) is 0 Å². The van der Waals surface area contributed by atoms with Gasteiger partial charge in [0.15, 0.2) is 0 Å². The van der Waals surface area contributed by atoms with Crippen molar-refractivity contribution in [3.05, 3.63) is 29.8 Å². The Kier molecular flexibility index (Phi) is 3.67. The van der Waals surface area contributed by atoms with Crippen molar-refractivity contribution in [1.29, 1.82) is 0 Å². The number of carbonyl (C=O) groups excluding carboxylic acids is 1. The minimum absolute atomic E-state index is 0.121. The summed E-state index contributed by atoms with van der Waals surface area (Å²) in [4.78, 5) is 14.2. The number of likely N-dealkylation sites (tertiary alicyclic amines) is 1. The van der Waals surface area contributed by atoms with Crippen molar-refractivity contribution < 1.29 is 9.53 Å². The van der Waals surface area contributed by atoms with Crippen LogP contribution in [0.5, 0.6) is 5.75 Å². The van der Waals surface area contributed by atoms with Gasteiger partial charge in [0.2, 0.25) is 5.91 Å². The zero-order valence-electron chi connectivity index (χ0n) is 10.5. The minimum atomic E-state index is -0.121. The number of carbonyl (C=O) groups is 1. The van der Waals surface area contributed by atoms with Gasteiger partial charge in [-0.25, -0.2) is 0 Å². The van der Waals surface area contributed by atoms with Crippen LogP contribution in [0.25, 0.3) is 0 Å². The van der Waals surface area contributed by atoms with Crippen molar-refractivity contribution in [2.45, 2.75) is 25.7 Å². The molecule has 1 saturated heterocycles. The summed E-state index contributed by atoms with van der Waals surface area (Å²) in [5, 5.41) is 0. The smallest absolute Gasteiger partial charge is 0.229 e. The summed E-state index contributed by atoms with van der Waals surface area (Å²) >= 11 is 0. The Labute approximate surface area is 102 Å². The maximum Gasteiger partial charge on any atom is 0.229 e. The number of hydrogen-bond donors (Lipinski definition) is 0. The number of amides is 1. The third-order valence-corrected chi connectivity index (χ3v) is 3.39. The fourth-order valence-corrected chi connectivity index (χ4v) is 2.37. The molecule has 0 spiro atoms. The van der Waals surface area contributed by atoms with Crippen LogP contribution in [0.15, 0.2) is 24.3 Å². The Morgan fingerprint density at radius 2 is 1.94 bits per heavy atom. The molecule has 0 aromatic heterocycles. The van der Waals surface area contributed by atoms with Crippen molar-refractivity contribution in [3.8, 4) is 5.75 Å². The van der Waals surface area contributed by atoms with Gasteiger partial charge < -0.3 is 9.64 Å². The molecule has 1 aliphatic rings.